The molecule has 1 unspecified atom stereocenters. The van der Waals surface area contributed by atoms with E-state index in [0.717, 1.165) is 0 Å². The number of ether oxygens (including phenoxy) is 3. The lowest BCUT2D eigenvalue weighted by atomic mass is 10.1. The number of hydrogen-bond acceptors (Lipinski definition) is 7. The topological polar surface area (TPSA) is 114 Å². The molecule has 30 heavy (non-hydrogen) atoms. The molecular formula is C21H22N2O7. The molecule has 0 spiro atoms. The maximum atomic E-state index is 12.7. The zero-order valence-corrected chi connectivity index (χ0v) is 16.8. The van der Waals surface area contributed by atoms with Gasteiger partial charge in [-0.15, -0.1) is 0 Å². The molecule has 1 heterocycles. The number of para-hydroxylation sites is 1. The summed E-state index contributed by atoms with van der Waals surface area (Å²) < 4.78 is 15.2. The minimum Gasteiger partial charge on any atom is -0.505 e. The Morgan fingerprint density at radius 2 is 1.90 bits per heavy atom. The van der Waals surface area contributed by atoms with Gasteiger partial charge in [-0.2, -0.15) is 0 Å². The standard InChI is InChI=1S/C21H22N2O7/c1-28-13-7-8-17(29-2)16(10-13)23-11-12(9-18(23)24)20(26)22-15-6-4-5-14(19(15)25)21(27)30-3/h4-8,10,12,25H,9,11H2,1-3H3,(H,22,26). The van der Waals surface area contributed by atoms with Crippen LogP contribution in [-0.2, 0) is 14.3 Å². The summed E-state index contributed by atoms with van der Waals surface area (Å²) in [5.41, 5.74) is 0.501. The van der Waals surface area contributed by atoms with Crippen molar-refractivity contribution in [1.29, 1.82) is 0 Å². The number of aromatic hydroxyl groups is 1. The van der Waals surface area contributed by atoms with Crippen LogP contribution >= 0.6 is 0 Å². The van der Waals surface area contributed by atoms with Crippen LogP contribution in [0.5, 0.6) is 17.2 Å². The van der Waals surface area contributed by atoms with Crippen molar-refractivity contribution in [2.75, 3.05) is 38.1 Å². The van der Waals surface area contributed by atoms with Crippen molar-refractivity contribution < 1.29 is 33.7 Å². The van der Waals surface area contributed by atoms with E-state index in [1.165, 1.54) is 44.4 Å². The fourth-order valence-corrected chi connectivity index (χ4v) is 3.28. The molecule has 2 aromatic carbocycles. The normalized spacial score (nSPS) is 15.6. The van der Waals surface area contributed by atoms with E-state index >= 15 is 0 Å². The van der Waals surface area contributed by atoms with Crippen LogP contribution in [0.1, 0.15) is 16.8 Å². The summed E-state index contributed by atoms with van der Waals surface area (Å²) in [5, 5.41) is 12.9. The zero-order chi connectivity index (χ0) is 21.8. The Balaban J connectivity index is 1.79. The number of phenols is 1. The van der Waals surface area contributed by atoms with Gasteiger partial charge in [0.05, 0.1) is 38.6 Å². The lowest BCUT2D eigenvalue weighted by Gasteiger charge is -2.20. The summed E-state index contributed by atoms with van der Waals surface area (Å²) >= 11 is 0. The second kappa shape index (κ2) is 8.73. The van der Waals surface area contributed by atoms with Crippen LogP contribution in [-0.4, -0.2) is 50.8 Å². The van der Waals surface area contributed by atoms with Crippen molar-refractivity contribution in [2.45, 2.75) is 6.42 Å². The van der Waals surface area contributed by atoms with Gasteiger partial charge in [-0.25, -0.2) is 4.79 Å². The number of anilines is 2. The molecule has 1 aliphatic heterocycles. The Labute approximate surface area is 173 Å². The lowest BCUT2D eigenvalue weighted by Crippen LogP contribution is -2.28. The number of nitrogens with one attached hydrogen (secondary N) is 1. The maximum absolute atomic E-state index is 12.7. The van der Waals surface area contributed by atoms with Gasteiger partial charge in [-0.05, 0) is 24.3 Å². The molecule has 2 aromatic rings. The Bertz CT molecular complexity index is 989. The van der Waals surface area contributed by atoms with Gasteiger partial charge in [0.1, 0.15) is 17.1 Å². The van der Waals surface area contributed by atoms with Crippen LogP contribution in [0.4, 0.5) is 11.4 Å². The highest BCUT2D eigenvalue weighted by molar-refractivity contribution is 6.05. The Morgan fingerprint density at radius 3 is 2.57 bits per heavy atom. The van der Waals surface area contributed by atoms with Crippen molar-refractivity contribution in [2.24, 2.45) is 5.92 Å². The fourth-order valence-electron chi connectivity index (χ4n) is 3.28. The SMILES string of the molecule is COC(=O)c1cccc(NC(=O)C2CC(=O)N(c3cc(OC)ccc3OC)C2)c1O. The molecule has 1 fully saturated rings. The molecule has 1 atom stereocenters. The molecule has 0 aliphatic carbocycles. The Morgan fingerprint density at radius 1 is 1.13 bits per heavy atom. The maximum Gasteiger partial charge on any atom is 0.341 e. The first kappa shape index (κ1) is 21.0. The Hall–Kier alpha value is -3.75. The lowest BCUT2D eigenvalue weighted by molar-refractivity contribution is -0.122. The minimum atomic E-state index is -0.726. The molecule has 1 aliphatic rings. The van der Waals surface area contributed by atoms with Gasteiger partial charge in [0, 0.05) is 19.0 Å². The molecule has 0 radical (unpaired) electrons. The quantitative estimate of drug-likeness (QED) is 0.550. The number of amides is 2. The smallest absolute Gasteiger partial charge is 0.341 e. The van der Waals surface area contributed by atoms with E-state index in [1.807, 2.05) is 0 Å². The van der Waals surface area contributed by atoms with E-state index in [1.54, 1.807) is 18.2 Å². The number of carbonyl (C=O) groups excluding carboxylic acids is 3. The molecule has 158 valence electrons. The number of hydrogen-bond donors (Lipinski definition) is 2. The Kier molecular flexibility index (Phi) is 6.10. The van der Waals surface area contributed by atoms with E-state index in [9.17, 15) is 19.5 Å². The highest BCUT2D eigenvalue weighted by Crippen LogP contribution is 2.36. The first-order valence-electron chi connectivity index (χ1n) is 9.13. The summed E-state index contributed by atoms with van der Waals surface area (Å²) in [6.07, 6.45) is -0.0103. The molecule has 0 bridgehead atoms. The van der Waals surface area contributed by atoms with Crippen molar-refractivity contribution in [3.8, 4) is 17.2 Å². The monoisotopic (exact) mass is 414 g/mol. The van der Waals surface area contributed by atoms with Crippen LogP contribution in [0.3, 0.4) is 0 Å². The third kappa shape index (κ3) is 4.00. The second-order valence-corrected chi connectivity index (χ2v) is 6.63. The van der Waals surface area contributed by atoms with E-state index in [-0.39, 0.29) is 30.1 Å². The van der Waals surface area contributed by atoms with Gasteiger partial charge in [0.15, 0.2) is 5.75 Å². The van der Waals surface area contributed by atoms with Crippen LogP contribution < -0.4 is 19.7 Å². The molecule has 2 amide bonds. The van der Waals surface area contributed by atoms with Crippen LogP contribution in [0.15, 0.2) is 36.4 Å². The molecule has 9 nitrogen and oxygen atoms in total. The molecule has 3 rings (SSSR count). The molecular weight excluding hydrogens is 392 g/mol. The van der Waals surface area contributed by atoms with Crippen molar-refractivity contribution >= 4 is 29.2 Å². The second-order valence-electron chi connectivity index (χ2n) is 6.63. The number of methoxy groups -OCH3 is 3. The molecule has 2 N–H and O–H groups in total. The van der Waals surface area contributed by atoms with Crippen LogP contribution in [0, 0.1) is 5.92 Å². The number of carbonyl (C=O) groups is 3. The highest BCUT2D eigenvalue weighted by atomic mass is 16.5. The summed E-state index contributed by atoms with van der Waals surface area (Å²) in [4.78, 5) is 38.5. The van der Waals surface area contributed by atoms with Crippen LogP contribution in [0.2, 0.25) is 0 Å². The van der Waals surface area contributed by atoms with Gasteiger partial charge < -0.3 is 29.5 Å². The largest absolute Gasteiger partial charge is 0.505 e. The average molecular weight is 414 g/mol. The number of rotatable bonds is 6. The number of benzene rings is 2. The summed E-state index contributed by atoms with van der Waals surface area (Å²) in [6.45, 7) is 0.131. The number of phenolic OH excluding ortho intramolecular Hbond substituents is 1. The van der Waals surface area contributed by atoms with E-state index in [0.29, 0.717) is 17.2 Å². The summed E-state index contributed by atoms with van der Waals surface area (Å²) in [7, 11) is 4.20. The van der Waals surface area contributed by atoms with Crippen molar-refractivity contribution in [1.82, 2.24) is 0 Å². The van der Waals surface area contributed by atoms with Gasteiger partial charge in [0.25, 0.3) is 0 Å². The number of nitrogens with zero attached hydrogens (tertiary/aromatic N) is 1. The van der Waals surface area contributed by atoms with E-state index < -0.39 is 23.5 Å². The van der Waals surface area contributed by atoms with Gasteiger partial charge >= 0.3 is 5.97 Å². The first-order valence-corrected chi connectivity index (χ1v) is 9.13. The third-order valence-corrected chi connectivity index (χ3v) is 4.87. The fraction of sp³-hybridized carbons (Fsp3) is 0.286. The molecule has 0 aromatic heterocycles. The van der Waals surface area contributed by atoms with Crippen molar-refractivity contribution in [3.63, 3.8) is 0 Å². The molecule has 9 heteroatoms. The average Bonchev–Trinajstić information content (AvgIpc) is 3.15. The zero-order valence-electron chi connectivity index (χ0n) is 16.8. The van der Waals surface area contributed by atoms with E-state index in [2.05, 4.69) is 10.1 Å². The summed E-state index contributed by atoms with van der Waals surface area (Å²) in [6, 6.07) is 9.42. The minimum absolute atomic E-state index is 0.0103. The predicted molar refractivity (Wildman–Crippen MR) is 108 cm³/mol. The third-order valence-electron chi connectivity index (χ3n) is 4.87. The van der Waals surface area contributed by atoms with Crippen LogP contribution in [0.25, 0.3) is 0 Å². The van der Waals surface area contributed by atoms with Gasteiger partial charge in [-0.1, -0.05) is 6.07 Å². The first-order chi connectivity index (χ1) is 14.4. The molecule has 1 saturated heterocycles. The summed E-state index contributed by atoms with van der Waals surface area (Å²) in [5.74, 6) is -1.44. The highest BCUT2D eigenvalue weighted by Gasteiger charge is 2.37. The van der Waals surface area contributed by atoms with Crippen molar-refractivity contribution in [3.05, 3.63) is 42.0 Å². The van der Waals surface area contributed by atoms with E-state index in [4.69, 9.17) is 9.47 Å². The number of esters is 1. The predicted octanol–water partition coefficient (Wildman–Crippen LogP) is 2.19. The van der Waals surface area contributed by atoms with Gasteiger partial charge in [0.2, 0.25) is 11.8 Å². The molecule has 0 saturated carbocycles. The van der Waals surface area contributed by atoms with Gasteiger partial charge in [-0.3, -0.25) is 9.59 Å².